The van der Waals surface area contributed by atoms with E-state index in [0.717, 1.165) is 12.1 Å². The number of piperazine rings is 1. The molecule has 2 aromatic rings. The Balaban J connectivity index is 1.57. The molecule has 0 unspecified atom stereocenters. The number of amides is 1. The number of carbonyl (C=O) groups excluding carboxylic acids is 1. The highest BCUT2D eigenvalue weighted by Crippen LogP contribution is 2.26. The fourth-order valence-electron chi connectivity index (χ4n) is 3.40. The molecule has 1 amide bonds. The molecule has 150 valence electrons. The van der Waals surface area contributed by atoms with Crippen LogP contribution in [-0.2, 0) is 11.3 Å². The summed E-state index contributed by atoms with van der Waals surface area (Å²) in [6.45, 7) is 6.02. The summed E-state index contributed by atoms with van der Waals surface area (Å²) in [4.78, 5) is 16.8. The molecule has 1 aliphatic rings. The molecule has 1 aliphatic heterocycles. The average molecular weight is 453 g/mol. The van der Waals surface area contributed by atoms with Gasteiger partial charge in [-0.15, -0.1) is 0 Å². The third-order valence-electron chi connectivity index (χ3n) is 4.98. The minimum Gasteiger partial charge on any atom is -0.483 e. The smallest absolute Gasteiger partial charge is 0.260 e. The summed E-state index contributed by atoms with van der Waals surface area (Å²) in [7, 11) is 0. The van der Waals surface area contributed by atoms with Crippen LogP contribution in [-0.4, -0.2) is 47.5 Å². The highest BCUT2D eigenvalue weighted by molar-refractivity contribution is 9.10. The molecule has 0 bridgehead atoms. The highest BCUT2D eigenvalue weighted by atomic mass is 79.9. The van der Waals surface area contributed by atoms with Gasteiger partial charge in [0.05, 0.1) is 4.47 Å². The van der Waals surface area contributed by atoms with Crippen LogP contribution in [0.4, 0.5) is 8.78 Å². The predicted octanol–water partition coefficient (Wildman–Crippen LogP) is 4.23. The number of carbonyl (C=O) groups is 1. The zero-order chi connectivity index (χ0) is 20.3. The number of nitrogens with zero attached hydrogens (tertiary/aromatic N) is 2. The van der Waals surface area contributed by atoms with Crippen molar-refractivity contribution in [3.63, 3.8) is 0 Å². The average Bonchev–Trinajstić information content (AvgIpc) is 2.65. The second kappa shape index (κ2) is 9.01. The van der Waals surface area contributed by atoms with Gasteiger partial charge in [-0.25, -0.2) is 8.78 Å². The maximum Gasteiger partial charge on any atom is 0.260 e. The van der Waals surface area contributed by atoms with Crippen LogP contribution < -0.4 is 4.74 Å². The molecule has 28 heavy (non-hydrogen) atoms. The summed E-state index contributed by atoms with van der Waals surface area (Å²) in [5.41, 5.74) is 1.05. The largest absolute Gasteiger partial charge is 0.483 e. The molecule has 2 atom stereocenters. The summed E-state index contributed by atoms with van der Waals surface area (Å²) >= 11 is 3.24. The maximum absolute atomic E-state index is 13.2. The second-order valence-electron chi connectivity index (χ2n) is 7.16. The fourth-order valence-corrected chi connectivity index (χ4v) is 3.87. The second-order valence-corrected chi connectivity index (χ2v) is 8.02. The van der Waals surface area contributed by atoms with E-state index >= 15 is 0 Å². The van der Waals surface area contributed by atoms with Gasteiger partial charge in [-0.1, -0.05) is 12.1 Å². The van der Waals surface area contributed by atoms with Gasteiger partial charge < -0.3 is 9.64 Å². The Hall–Kier alpha value is -1.99. The lowest BCUT2D eigenvalue weighted by molar-refractivity contribution is -0.139. The fraction of sp³-hybridized carbons (Fsp3) is 0.381. The summed E-state index contributed by atoms with van der Waals surface area (Å²) in [5, 5.41) is 0. The van der Waals surface area contributed by atoms with Gasteiger partial charge in [0, 0.05) is 31.7 Å². The molecular weight excluding hydrogens is 430 g/mol. The standard InChI is InChI=1S/C21H23BrF2N2O2/c1-14-11-26(21(27)13-28-20-8-7-18(24)9-19(20)22)15(2)10-25(14)12-16-3-5-17(23)6-4-16/h3-9,14-15H,10-13H2,1-2H3/t14-,15+/m0/s1. The van der Waals surface area contributed by atoms with Crippen molar-refractivity contribution in [3.8, 4) is 5.75 Å². The molecular formula is C21H23BrF2N2O2. The molecule has 0 aromatic heterocycles. The lowest BCUT2D eigenvalue weighted by Crippen LogP contribution is -2.58. The number of benzene rings is 2. The molecule has 7 heteroatoms. The molecule has 2 aromatic carbocycles. The van der Waals surface area contributed by atoms with Crippen LogP contribution in [0.2, 0.25) is 0 Å². The van der Waals surface area contributed by atoms with Gasteiger partial charge in [-0.2, -0.15) is 0 Å². The molecule has 0 aliphatic carbocycles. The van der Waals surface area contributed by atoms with Crippen LogP contribution in [0.3, 0.4) is 0 Å². The first kappa shape index (κ1) is 20.7. The molecule has 4 nitrogen and oxygen atoms in total. The van der Waals surface area contributed by atoms with E-state index in [-0.39, 0.29) is 36.2 Å². The van der Waals surface area contributed by atoms with Gasteiger partial charge in [0.15, 0.2) is 6.61 Å². The van der Waals surface area contributed by atoms with Crippen molar-refractivity contribution in [1.29, 1.82) is 0 Å². The number of rotatable bonds is 5. The van der Waals surface area contributed by atoms with Crippen molar-refractivity contribution >= 4 is 21.8 Å². The molecule has 0 saturated carbocycles. The summed E-state index contributed by atoms with van der Waals surface area (Å²) in [6, 6.07) is 10.8. The third kappa shape index (κ3) is 5.08. The third-order valence-corrected chi connectivity index (χ3v) is 5.60. The Labute approximate surface area is 172 Å². The van der Waals surface area contributed by atoms with Gasteiger partial charge in [-0.05, 0) is 65.7 Å². The van der Waals surface area contributed by atoms with Crippen LogP contribution in [0.5, 0.6) is 5.75 Å². The minimum atomic E-state index is -0.370. The van der Waals surface area contributed by atoms with E-state index in [9.17, 15) is 13.6 Å². The van der Waals surface area contributed by atoms with Gasteiger partial charge in [0.2, 0.25) is 0 Å². The zero-order valence-electron chi connectivity index (χ0n) is 15.9. The zero-order valence-corrected chi connectivity index (χ0v) is 17.5. The number of hydrogen-bond acceptors (Lipinski definition) is 3. The van der Waals surface area contributed by atoms with Crippen molar-refractivity contribution in [2.24, 2.45) is 0 Å². The number of ether oxygens (including phenoxy) is 1. The van der Waals surface area contributed by atoms with Crippen LogP contribution in [0.1, 0.15) is 19.4 Å². The molecule has 0 N–H and O–H groups in total. The van der Waals surface area contributed by atoms with Crippen molar-refractivity contribution in [3.05, 3.63) is 64.1 Å². The molecule has 3 rings (SSSR count). The van der Waals surface area contributed by atoms with Gasteiger partial charge in [0.25, 0.3) is 5.91 Å². The van der Waals surface area contributed by atoms with E-state index in [1.54, 1.807) is 12.1 Å². The lowest BCUT2D eigenvalue weighted by Gasteiger charge is -2.44. The number of hydrogen-bond donors (Lipinski definition) is 0. The van der Waals surface area contributed by atoms with Crippen LogP contribution in [0.25, 0.3) is 0 Å². The lowest BCUT2D eigenvalue weighted by atomic mass is 10.1. The van der Waals surface area contributed by atoms with Gasteiger partial charge >= 0.3 is 0 Å². The Morgan fingerprint density at radius 1 is 1.07 bits per heavy atom. The van der Waals surface area contributed by atoms with E-state index in [4.69, 9.17) is 4.74 Å². The van der Waals surface area contributed by atoms with Gasteiger partial charge in [-0.3, -0.25) is 9.69 Å². The van der Waals surface area contributed by atoms with Gasteiger partial charge in [0.1, 0.15) is 17.4 Å². The predicted molar refractivity (Wildman–Crippen MR) is 107 cm³/mol. The number of halogens is 3. The highest BCUT2D eigenvalue weighted by Gasteiger charge is 2.32. The van der Waals surface area contributed by atoms with Crippen molar-refractivity contribution in [1.82, 2.24) is 9.80 Å². The van der Waals surface area contributed by atoms with Crippen molar-refractivity contribution in [2.75, 3.05) is 19.7 Å². The molecule has 0 radical (unpaired) electrons. The van der Waals surface area contributed by atoms with E-state index in [1.807, 2.05) is 11.8 Å². The SMILES string of the molecule is C[C@@H]1CN(Cc2ccc(F)cc2)[C@@H](C)CN1C(=O)COc1ccc(F)cc1Br. The Morgan fingerprint density at radius 2 is 1.75 bits per heavy atom. The first-order chi connectivity index (χ1) is 13.3. The van der Waals surface area contributed by atoms with Crippen molar-refractivity contribution in [2.45, 2.75) is 32.5 Å². The molecule has 1 heterocycles. The van der Waals surface area contributed by atoms with E-state index < -0.39 is 0 Å². The Morgan fingerprint density at radius 3 is 2.43 bits per heavy atom. The molecule has 1 fully saturated rings. The van der Waals surface area contributed by atoms with Crippen LogP contribution in [0, 0.1) is 11.6 Å². The summed E-state index contributed by atoms with van der Waals surface area (Å²) < 4.78 is 32.3. The topological polar surface area (TPSA) is 32.8 Å². The molecule has 0 spiro atoms. The Kier molecular flexibility index (Phi) is 6.67. The van der Waals surface area contributed by atoms with E-state index in [0.29, 0.717) is 23.3 Å². The van der Waals surface area contributed by atoms with E-state index in [2.05, 4.69) is 27.8 Å². The first-order valence-corrected chi connectivity index (χ1v) is 9.98. The normalized spacial score (nSPS) is 20.2. The summed E-state index contributed by atoms with van der Waals surface area (Å²) in [5.74, 6) is -0.277. The summed E-state index contributed by atoms with van der Waals surface area (Å²) in [6.07, 6.45) is 0. The van der Waals surface area contributed by atoms with Crippen molar-refractivity contribution < 1.29 is 18.3 Å². The maximum atomic E-state index is 13.2. The monoisotopic (exact) mass is 452 g/mol. The minimum absolute atomic E-state index is 0.0319. The van der Waals surface area contributed by atoms with E-state index in [1.165, 1.54) is 30.3 Å². The first-order valence-electron chi connectivity index (χ1n) is 9.19. The van der Waals surface area contributed by atoms with Crippen LogP contribution >= 0.6 is 15.9 Å². The Bertz CT molecular complexity index is 832. The quantitative estimate of drug-likeness (QED) is 0.680. The molecule has 1 saturated heterocycles. The van der Waals surface area contributed by atoms with Crippen LogP contribution in [0.15, 0.2) is 46.9 Å².